The van der Waals surface area contributed by atoms with E-state index in [0.29, 0.717) is 17.8 Å². The number of carbonyl (C=O) groups excluding carboxylic acids is 2. The second-order valence-corrected chi connectivity index (χ2v) is 8.14. The van der Waals surface area contributed by atoms with E-state index in [-0.39, 0.29) is 24.4 Å². The Bertz CT molecular complexity index is 1310. The Morgan fingerprint density at radius 3 is 2.03 bits per heavy atom. The topological polar surface area (TPSA) is 49.4 Å². The Morgan fingerprint density at radius 2 is 1.34 bits per heavy atom. The molecular weight excluding hydrogens is 446 g/mol. The van der Waals surface area contributed by atoms with Gasteiger partial charge in [-0.1, -0.05) is 60.7 Å². The third-order valence-electron chi connectivity index (χ3n) is 5.49. The quantitative estimate of drug-likeness (QED) is 0.361. The lowest BCUT2D eigenvalue weighted by atomic mass is 10.1. The summed E-state index contributed by atoms with van der Waals surface area (Å²) in [4.78, 5) is 27.1. The predicted molar refractivity (Wildman–Crippen MR) is 132 cm³/mol. The van der Waals surface area contributed by atoms with Gasteiger partial charge >= 0.3 is 0 Å². The predicted octanol–water partition coefficient (Wildman–Crippen LogP) is 5.67. The van der Waals surface area contributed by atoms with E-state index in [9.17, 15) is 18.4 Å². The Labute approximate surface area is 202 Å². The van der Waals surface area contributed by atoms with Crippen LogP contribution in [-0.2, 0) is 24.3 Å². The molecule has 0 heterocycles. The van der Waals surface area contributed by atoms with Crippen LogP contribution in [0.15, 0.2) is 103 Å². The largest absolute Gasteiger partial charge is 0.352 e. The lowest BCUT2D eigenvalue weighted by Gasteiger charge is -2.23. The maximum absolute atomic E-state index is 13.8. The van der Waals surface area contributed by atoms with Crippen LogP contribution < -0.4 is 10.2 Å². The molecule has 0 spiro atoms. The van der Waals surface area contributed by atoms with Gasteiger partial charge in [0.15, 0.2) is 0 Å². The Morgan fingerprint density at radius 1 is 0.686 bits per heavy atom. The summed E-state index contributed by atoms with van der Waals surface area (Å²) in [6.45, 7) is 0.547. The van der Waals surface area contributed by atoms with Crippen LogP contribution in [-0.4, -0.2) is 11.8 Å². The zero-order valence-corrected chi connectivity index (χ0v) is 19.0. The van der Waals surface area contributed by atoms with E-state index in [1.165, 1.54) is 41.3 Å². The average Bonchev–Trinajstić information content (AvgIpc) is 2.87. The first-order chi connectivity index (χ1) is 17.0. The molecule has 0 radical (unpaired) electrons. The van der Waals surface area contributed by atoms with Gasteiger partial charge in [0.2, 0.25) is 5.91 Å². The van der Waals surface area contributed by atoms with Crippen molar-refractivity contribution in [1.82, 2.24) is 5.32 Å². The molecule has 0 saturated heterocycles. The first-order valence-corrected chi connectivity index (χ1v) is 11.2. The second-order valence-electron chi connectivity index (χ2n) is 8.14. The summed E-state index contributed by atoms with van der Waals surface area (Å²) < 4.78 is 27.5. The van der Waals surface area contributed by atoms with E-state index in [0.717, 1.165) is 11.1 Å². The third-order valence-corrected chi connectivity index (χ3v) is 5.49. The van der Waals surface area contributed by atoms with Crippen molar-refractivity contribution in [2.24, 2.45) is 0 Å². The number of amides is 2. The van der Waals surface area contributed by atoms with E-state index >= 15 is 0 Å². The molecule has 4 aromatic rings. The first-order valence-electron chi connectivity index (χ1n) is 11.2. The van der Waals surface area contributed by atoms with Crippen molar-refractivity contribution in [3.63, 3.8) is 0 Å². The smallest absolute Gasteiger partial charge is 0.258 e. The van der Waals surface area contributed by atoms with Gasteiger partial charge in [-0.3, -0.25) is 9.59 Å². The van der Waals surface area contributed by atoms with Crippen LogP contribution in [0.5, 0.6) is 0 Å². The molecule has 176 valence electrons. The molecule has 4 nitrogen and oxygen atoms in total. The summed E-state index contributed by atoms with van der Waals surface area (Å²) >= 11 is 0. The minimum absolute atomic E-state index is 0.101. The monoisotopic (exact) mass is 470 g/mol. The Hall–Kier alpha value is -4.32. The SMILES string of the molecule is O=C(Cc1ccc(N(Cc2cccc(F)c2)C(=O)c2cccc(F)c2)cc1)NCc1ccccc1. The van der Waals surface area contributed by atoms with Gasteiger partial charge in [-0.25, -0.2) is 8.78 Å². The van der Waals surface area contributed by atoms with E-state index in [2.05, 4.69) is 5.32 Å². The van der Waals surface area contributed by atoms with Gasteiger partial charge in [0.1, 0.15) is 11.6 Å². The minimum atomic E-state index is -0.515. The van der Waals surface area contributed by atoms with Crippen LogP contribution >= 0.6 is 0 Å². The van der Waals surface area contributed by atoms with E-state index in [1.807, 2.05) is 30.3 Å². The lowest BCUT2D eigenvalue weighted by molar-refractivity contribution is -0.120. The van der Waals surface area contributed by atoms with Crippen molar-refractivity contribution < 1.29 is 18.4 Å². The third kappa shape index (κ3) is 6.60. The highest BCUT2D eigenvalue weighted by molar-refractivity contribution is 6.06. The van der Waals surface area contributed by atoms with E-state index in [1.54, 1.807) is 36.4 Å². The highest BCUT2D eigenvalue weighted by atomic mass is 19.1. The van der Waals surface area contributed by atoms with Gasteiger partial charge in [-0.2, -0.15) is 0 Å². The summed E-state index contributed by atoms with van der Waals surface area (Å²) in [5.74, 6) is -1.45. The fourth-order valence-electron chi connectivity index (χ4n) is 3.71. The van der Waals surface area contributed by atoms with Gasteiger partial charge in [0, 0.05) is 17.8 Å². The average molecular weight is 471 g/mol. The molecule has 6 heteroatoms. The van der Waals surface area contributed by atoms with Crippen molar-refractivity contribution >= 4 is 17.5 Å². The second kappa shape index (κ2) is 11.2. The molecule has 0 aliphatic rings. The molecule has 0 aliphatic carbocycles. The molecule has 4 aromatic carbocycles. The van der Waals surface area contributed by atoms with Crippen LogP contribution in [0.2, 0.25) is 0 Å². The molecule has 0 aliphatic heterocycles. The summed E-state index contributed by atoms with van der Waals surface area (Å²) in [7, 11) is 0. The number of hydrogen-bond acceptors (Lipinski definition) is 2. The first kappa shape index (κ1) is 23.8. The van der Waals surface area contributed by atoms with Crippen molar-refractivity contribution in [1.29, 1.82) is 0 Å². The number of benzene rings is 4. The molecule has 0 aromatic heterocycles. The highest BCUT2D eigenvalue weighted by Gasteiger charge is 2.19. The fraction of sp³-hybridized carbons (Fsp3) is 0.103. The number of carbonyl (C=O) groups is 2. The zero-order valence-electron chi connectivity index (χ0n) is 19.0. The van der Waals surface area contributed by atoms with Crippen molar-refractivity contribution in [3.05, 3.63) is 137 Å². The van der Waals surface area contributed by atoms with Crippen LogP contribution in [0, 0.1) is 11.6 Å². The fourth-order valence-corrected chi connectivity index (χ4v) is 3.71. The summed E-state index contributed by atoms with van der Waals surface area (Å²) in [6.07, 6.45) is 0.189. The molecule has 4 rings (SSSR count). The van der Waals surface area contributed by atoms with E-state index < -0.39 is 17.5 Å². The van der Waals surface area contributed by atoms with Crippen LogP contribution in [0.3, 0.4) is 0 Å². The standard InChI is InChI=1S/C29H24F2N2O2/c30-25-10-4-8-23(16-25)20-33(29(35)24-9-5-11-26(31)18-24)27-14-12-21(13-15-27)17-28(34)32-19-22-6-2-1-3-7-22/h1-16,18H,17,19-20H2,(H,32,34). The maximum atomic E-state index is 13.8. The van der Waals surface area contributed by atoms with Crippen LogP contribution in [0.25, 0.3) is 0 Å². The summed E-state index contributed by atoms with van der Waals surface area (Å²) in [6, 6.07) is 28.1. The summed E-state index contributed by atoms with van der Waals surface area (Å²) in [5.41, 5.74) is 3.13. The molecule has 0 saturated carbocycles. The normalized spacial score (nSPS) is 10.6. The number of hydrogen-bond donors (Lipinski definition) is 1. The lowest BCUT2D eigenvalue weighted by Crippen LogP contribution is -2.30. The maximum Gasteiger partial charge on any atom is 0.258 e. The molecular formula is C29H24F2N2O2. The van der Waals surface area contributed by atoms with Gasteiger partial charge in [0.05, 0.1) is 13.0 Å². The molecule has 0 fully saturated rings. The molecule has 0 bridgehead atoms. The molecule has 35 heavy (non-hydrogen) atoms. The van der Waals surface area contributed by atoms with Crippen molar-refractivity contribution in [3.8, 4) is 0 Å². The van der Waals surface area contributed by atoms with Crippen LogP contribution in [0.4, 0.5) is 14.5 Å². The highest BCUT2D eigenvalue weighted by Crippen LogP contribution is 2.22. The van der Waals surface area contributed by atoms with Gasteiger partial charge < -0.3 is 10.2 Å². The molecule has 1 N–H and O–H groups in total. The number of halogens is 2. The van der Waals surface area contributed by atoms with Crippen LogP contribution in [0.1, 0.15) is 27.0 Å². The summed E-state index contributed by atoms with van der Waals surface area (Å²) in [5, 5.41) is 2.89. The molecule has 0 atom stereocenters. The number of nitrogens with one attached hydrogen (secondary N) is 1. The van der Waals surface area contributed by atoms with Crippen molar-refractivity contribution in [2.45, 2.75) is 19.5 Å². The minimum Gasteiger partial charge on any atom is -0.352 e. The number of nitrogens with zero attached hydrogens (tertiary/aromatic N) is 1. The van der Waals surface area contributed by atoms with Gasteiger partial charge in [-0.15, -0.1) is 0 Å². The molecule has 0 unspecified atom stereocenters. The molecule has 2 amide bonds. The van der Waals surface area contributed by atoms with Gasteiger partial charge in [-0.05, 0) is 59.2 Å². The van der Waals surface area contributed by atoms with Crippen molar-refractivity contribution in [2.75, 3.05) is 4.90 Å². The number of anilines is 1. The zero-order chi connectivity index (χ0) is 24.6. The number of rotatable bonds is 8. The Balaban J connectivity index is 1.50. The van der Waals surface area contributed by atoms with E-state index in [4.69, 9.17) is 0 Å². The van der Waals surface area contributed by atoms with Gasteiger partial charge in [0.25, 0.3) is 5.91 Å². The Kier molecular flexibility index (Phi) is 7.63.